The molecule has 0 bridgehead atoms. The summed E-state index contributed by atoms with van der Waals surface area (Å²) in [5.41, 5.74) is 1.36. The van der Waals surface area contributed by atoms with Crippen molar-refractivity contribution < 1.29 is 22.3 Å². The van der Waals surface area contributed by atoms with Crippen LogP contribution in [0.2, 0.25) is 0 Å². The van der Waals surface area contributed by atoms with Crippen LogP contribution < -0.4 is 9.46 Å². The molecule has 1 aliphatic heterocycles. The predicted octanol–water partition coefficient (Wildman–Crippen LogP) is 6.73. The minimum absolute atomic E-state index is 0.213. The Balaban J connectivity index is 1.50. The number of alkyl halides is 3. The summed E-state index contributed by atoms with van der Waals surface area (Å²) in [5.74, 6) is 0.494. The highest BCUT2D eigenvalue weighted by atomic mass is 32.2. The third-order valence-electron chi connectivity index (χ3n) is 5.63. The average molecular weight is 499 g/mol. The van der Waals surface area contributed by atoms with Gasteiger partial charge in [-0.2, -0.15) is 18.3 Å². The van der Waals surface area contributed by atoms with E-state index in [0.29, 0.717) is 35.7 Å². The number of pyridine rings is 1. The average Bonchev–Trinajstić information content (AvgIpc) is 2.87. The number of hydrogen-bond acceptors (Lipinski definition) is 6. The van der Waals surface area contributed by atoms with Crippen LogP contribution in [0.5, 0.6) is 5.75 Å². The number of nitrogens with zero attached hydrogens (tertiary/aromatic N) is 3. The van der Waals surface area contributed by atoms with Crippen LogP contribution in [0.1, 0.15) is 29.0 Å². The molecule has 0 amide bonds. The number of anilines is 1. The molecule has 1 aliphatic rings. The van der Waals surface area contributed by atoms with Crippen molar-refractivity contribution >= 4 is 17.8 Å². The van der Waals surface area contributed by atoms with Gasteiger partial charge in [-0.15, -0.1) is 5.10 Å². The lowest BCUT2D eigenvalue weighted by molar-refractivity contribution is -0.137. The van der Waals surface area contributed by atoms with Gasteiger partial charge in [-0.05, 0) is 72.5 Å². The SMILES string of the molecule is Fc1ccc(-c2cc(C(F)(F)F)ccc2C2CCOc3cc(SNc4cccnn4)ccc32)nc1. The topological polar surface area (TPSA) is 59.9 Å². The van der Waals surface area contributed by atoms with Gasteiger partial charge in [0.1, 0.15) is 11.6 Å². The summed E-state index contributed by atoms with van der Waals surface area (Å²) < 4.78 is 62.9. The summed E-state index contributed by atoms with van der Waals surface area (Å²) in [5, 5.41) is 7.80. The standard InChI is InChI=1S/C25H18F4N4OS/c26-16-4-8-22(30-14-16)21-12-15(25(27,28)29)3-6-18(21)19-9-11-34-23-13-17(5-7-20(19)23)35-33-24-2-1-10-31-32-24/h1-8,10,12-14,19H,9,11H2,(H,32,33). The molecule has 5 nitrogen and oxygen atoms in total. The molecule has 1 unspecified atom stereocenters. The molecule has 4 aromatic rings. The molecule has 5 rings (SSSR count). The van der Waals surface area contributed by atoms with E-state index in [1.165, 1.54) is 30.1 Å². The maximum atomic E-state index is 13.5. The fourth-order valence-corrected chi connectivity index (χ4v) is 4.65. The molecule has 2 aromatic carbocycles. The van der Waals surface area contributed by atoms with Crippen molar-refractivity contribution in [2.45, 2.75) is 23.4 Å². The fraction of sp³-hybridized carbons (Fsp3) is 0.160. The van der Waals surface area contributed by atoms with E-state index >= 15 is 0 Å². The second-order valence-electron chi connectivity index (χ2n) is 7.86. The Kier molecular flexibility index (Phi) is 6.29. The van der Waals surface area contributed by atoms with E-state index in [2.05, 4.69) is 19.9 Å². The zero-order chi connectivity index (χ0) is 24.4. The van der Waals surface area contributed by atoms with Gasteiger partial charge in [0.25, 0.3) is 0 Å². The lowest BCUT2D eigenvalue weighted by Crippen LogP contribution is -2.17. The molecule has 0 radical (unpaired) electrons. The van der Waals surface area contributed by atoms with E-state index in [1.54, 1.807) is 18.3 Å². The van der Waals surface area contributed by atoms with E-state index in [9.17, 15) is 17.6 Å². The smallest absolute Gasteiger partial charge is 0.416 e. The zero-order valence-corrected chi connectivity index (χ0v) is 18.9. The molecule has 3 heterocycles. The molecule has 0 aliphatic carbocycles. The molecule has 35 heavy (non-hydrogen) atoms. The number of hydrogen-bond donors (Lipinski definition) is 1. The monoisotopic (exact) mass is 498 g/mol. The molecular weight excluding hydrogens is 480 g/mol. The number of benzene rings is 2. The molecule has 0 fully saturated rings. The maximum Gasteiger partial charge on any atom is 0.416 e. The second-order valence-corrected chi connectivity index (χ2v) is 8.74. The number of rotatable bonds is 5. The Hall–Kier alpha value is -3.66. The molecule has 0 spiro atoms. The van der Waals surface area contributed by atoms with Crippen LogP contribution in [0.15, 0.2) is 78.0 Å². The largest absolute Gasteiger partial charge is 0.493 e. The van der Waals surface area contributed by atoms with Gasteiger partial charge in [0.2, 0.25) is 0 Å². The van der Waals surface area contributed by atoms with Crippen molar-refractivity contribution in [3.63, 3.8) is 0 Å². The van der Waals surface area contributed by atoms with Crippen LogP contribution in [0, 0.1) is 5.82 Å². The number of fused-ring (bicyclic) bond motifs is 1. The van der Waals surface area contributed by atoms with Crippen LogP contribution in [0.3, 0.4) is 0 Å². The van der Waals surface area contributed by atoms with Crippen molar-refractivity contribution in [1.29, 1.82) is 0 Å². The highest BCUT2D eigenvalue weighted by molar-refractivity contribution is 8.00. The number of halogens is 4. The minimum Gasteiger partial charge on any atom is -0.493 e. The van der Waals surface area contributed by atoms with Gasteiger partial charge in [0, 0.05) is 28.1 Å². The van der Waals surface area contributed by atoms with Crippen molar-refractivity contribution in [1.82, 2.24) is 15.2 Å². The Morgan fingerprint density at radius 3 is 2.60 bits per heavy atom. The quantitative estimate of drug-likeness (QED) is 0.243. The van der Waals surface area contributed by atoms with Gasteiger partial charge < -0.3 is 9.46 Å². The van der Waals surface area contributed by atoms with Gasteiger partial charge in [-0.3, -0.25) is 4.98 Å². The highest BCUT2D eigenvalue weighted by Crippen LogP contribution is 2.44. The third kappa shape index (κ3) is 5.07. The summed E-state index contributed by atoms with van der Waals surface area (Å²) in [6.45, 7) is 0.403. The zero-order valence-electron chi connectivity index (χ0n) is 18.1. The first-order valence-electron chi connectivity index (χ1n) is 10.7. The summed E-state index contributed by atoms with van der Waals surface area (Å²) in [6.07, 6.45) is -1.34. The van der Waals surface area contributed by atoms with Gasteiger partial charge in [-0.25, -0.2) is 4.39 Å². The summed E-state index contributed by atoms with van der Waals surface area (Å²) >= 11 is 1.35. The van der Waals surface area contributed by atoms with Crippen molar-refractivity contribution in [2.75, 3.05) is 11.3 Å². The van der Waals surface area contributed by atoms with Gasteiger partial charge >= 0.3 is 6.18 Å². The van der Waals surface area contributed by atoms with Crippen LogP contribution in [-0.4, -0.2) is 21.8 Å². The van der Waals surface area contributed by atoms with Crippen molar-refractivity contribution in [3.8, 4) is 17.0 Å². The first kappa shape index (κ1) is 23.1. The van der Waals surface area contributed by atoms with Crippen molar-refractivity contribution in [2.24, 2.45) is 0 Å². The molecule has 1 atom stereocenters. The van der Waals surface area contributed by atoms with E-state index in [-0.39, 0.29) is 11.6 Å². The highest BCUT2D eigenvalue weighted by Gasteiger charge is 2.33. The number of ether oxygens (including phenoxy) is 1. The fourth-order valence-electron chi connectivity index (χ4n) is 4.02. The molecule has 1 N–H and O–H groups in total. The lowest BCUT2D eigenvalue weighted by Gasteiger charge is -2.28. The first-order chi connectivity index (χ1) is 16.9. The lowest BCUT2D eigenvalue weighted by atomic mass is 9.83. The van der Waals surface area contributed by atoms with Crippen LogP contribution in [-0.2, 0) is 6.18 Å². The van der Waals surface area contributed by atoms with Crippen LogP contribution in [0.4, 0.5) is 23.4 Å². The molecule has 10 heteroatoms. The van der Waals surface area contributed by atoms with Crippen LogP contribution >= 0.6 is 11.9 Å². The summed E-state index contributed by atoms with van der Waals surface area (Å²) in [6, 6.07) is 15.5. The Labute approximate surface area is 202 Å². The van der Waals surface area contributed by atoms with Gasteiger partial charge in [-0.1, -0.05) is 12.1 Å². The predicted molar refractivity (Wildman–Crippen MR) is 125 cm³/mol. The third-order valence-corrected chi connectivity index (χ3v) is 6.43. The first-order valence-corrected chi connectivity index (χ1v) is 11.5. The van der Waals surface area contributed by atoms with E-state index in [0.717, 1.165) is 28.8 Å². The molecule has 0 saturated carbocycles. The Morgan fingerprint density at radius 1 is 1.00 bits per heavy atom. The molecule has 2 aromatic heterocycles. The van der Waals surface area contributed by atoms with Gasteiger partial charge in [0.05, 0.1) is 24.1 Å². The van der Waals surface area contributed by atoms with Crippen molar-refractivity contribution in [3.05, 3.63) is 95.6 Å². The number of nitrogens with one attached hydrogen (secondary N) is 1. The molecule has 178 valence electrons. The molecule has 0 saturated heterocycles. The molecular formula is C25H18F4N4OS. The number of aromatic nitrogens is 3. The van der Waals surface area contributed by atoms with Crippen LogP contribution in [0.25, 0.3) is 11.3 Å². The normalized spacial score (nSPS) is 15.3. The van der Waals surface area contributed by atoms with E-state index in [1.807, 2.05) is 18.2 Å². The Bertz CT molecular complexity index is 1330. The maximum absolute atomic E-state index is 13.5. The van der Waals surface area contributed by atoms with Gasteiger partial charge in [0.15, 0.2) is 5.82 Å². The summed E-state index contributed by atoms with van der Waals surface area (Å²) in [7, 11) is 0. The second kappa shape index (κ2) is 9.53. The summed E-state index contributed by atoms with van der Waals surface area (Å²) in [4.78, 5) is 4.93. The van der Waals surface area contributed by atoms with E-state index < -0.39 is 17.6 Å². The Morgan fingerprint density at radius 2 is 1.86 bits per heavy atom. The van der Waals surface area contributed by atoms with E-state index in [4.69, 9.17) is 4.74 Å². The minimum atomic E-state index is -4.51.